The molecule has 0 aromatic carbocycles. The summed E-state index contributed by atoms with van der Waals surface area (Å²) in [7, 11) is 0. The third-order valence-corrected chi connectivity index (χ3v) is 2.93. The number of allylic oxidation sites excluding steroid dienone is 2. The van der Waals surface area contributed by atoms with Crippen LogP contribution in [0.1, 0.15) is 27.2 Å². The van der Waals surface area contributed by atoms with Gasteiger partial charge in [0.25, 0.3) is 0 Å². The van der Waals surface area contributed by atoms with Crippen LogP contribution in [0.25, 0.3) is 0 Å². The van der Waals surface area contributed by atoms with E-state index in [-0.39, 0.29) is 5.41 Å². The SMILES string of the molecule is CC1CC(C)(C)C(C=O)=C1Cl. The van der Waals surface area contributed by atoms with Crippen LogP contribution in [0.2, 0.25) is 0 Å². The van der Waals surface area contributed by atoms with Crippen molar-refractivity contribution in [1.29, 1.82) is 0 Å². The van der Waals surface area contributed by atoms with E-state index in [1.165, 1.54) is 0 Å². The molecule has 1 aliphatic rings. The Morgan fingerprint density at radius 2 is 2.18 bits per heavy atom. The third kappa shape index (κ3) is 1.34. The van der Waals surface area contributed by atoms with Crippen LogP contribution in [0.4, 0.5) is 0 Å². The van der Waals surface area contributed by atoms with Gasteiger partial charge in [0.1, 0.15) is 6.29 Å². The predicted octanol–water partition coefficient (Wildman–Crippen LogP) is 2.74. The molecule has 0 aliphatic heterocycles. The Morgan fingerprint density at radius 3 is 2.36 bits per heavy atom. The molecule has 0 saturated carbocycles. The zero-order chi connectivity index (χ0) is 8.65. The number of hydrogen-bond donors (Lipinski definition) is 0. The molecule has 1 rings (SSSR count). The van der Waals surface area contributed by atoms with E-state index in [4.69, 9.17) is 11.6 Å². The molecular formula is C9H13ClO. The fourth-order valence-electron chi connectivity index (χ4n) is 1.77. The molecule has 0 aromatic rings. The minimum atomic E-state index is -0.0156. The topological polar surface area (TPSA) is 17.1 Å². The largest absolute Gasteiger partial charge is 0.298 e. The first kappa shape index (κ1) is 8.79. The van der Waals surface area contributed by atoms with E-state index >= 15 is 0 Å². The van der Waals surface area contributed by atoms with Crippen molar-refractivity contribution in [3.05, 3.63) is 10.6 Å². The average Bonchev–Trinajstić information content (AvgIpc) is 2.03. The molecule has 0 heterocycles. The molecule has 1 aliphatic carbocycles. The number of hydrogen-bond acceptors (Lipinski definition) is 1. The van der Waals surface area contributed by atoms with Crippen LogP contribution in [0.15, 0.2) is 10.6 Å². The Kier molecular flexibility index (Phi) is 2.10. The van der Waals surface area contributed by atoms with E-state index in [2.05, 4.69) is 20.8 Å². The van der Waals surface area contributed by atoms with Crippen LogP contribution >= 0.6 is 11.6 Å². The molecule has 0 spiro atoms. The highest BCUT2D eigenvalue weighted by atomic mass is 35.5. The second-order valence-electron chi connectivity index (χ2n) is 3.87. The second kappa shape index (κ2) is 2.63. The summed E-state index contributed by atoms with van der Waals surface area (Å²) in [6.07, 6.45) is 1.88. The lowest BCUT2D eigenvalue weighted by Gasteiger charge is -2.18. The van der Waals surface area contributed by atoms with Gasteiger partial charge >= 0.3 is 0 Å². The smallest absolute Gasteiger partial charge is 0.147 e. The van der Waals surface area contributed by atoms with Crippen LogP contribution in [-0.2, 0) is 4.79 Å². The summed E-state index contributed by atoms with van der Waals surface area (Å²) >= 11 is 5.96. The quantitative estimate of drug-likeness (QED) is 0.556. The van der Waals surface area contributed by atoms with Gasteiger partial charge in [-0.2, -0.15) is 0 Å². The van der Waals surface area contributed by atoms with Gasteiger partial charge in [0, 0.05) is 10.6 Å². The Bertz CT molecular complexity index is 216. The van der Waals surface area contributed by atoms with Crippen molar-refractivity contribution in [2.45, 2.75) is 27.2 Å². The Hall–Kier alpha value is -0.300. The first-order chi connectivity index (χ1) is 4.99. The van der Waals surface area contributed by atoms with Gasteiger partial charge in [0.15, 0.2) is 0 Å². The highest BCUT2D eigenvalue weighted by Crippen LogP contribution is 2.46. The Labute approximate surface area is 72.4 Å². The summed E-state index contributed by atoms with van der Waals surface area (Å²) in [6, 6.07) is 0. The fraction of sp³-hybridized carbons (Fsp3) is 0.667. The highest BCUT2D eigenvalue weighted by molar-refractivity contribution is 6.31. The summed E-state index contributed by atoms with van der Waals surface area (Å²) in [4.78, 5) is 10.6. The van der Waals surface area contributed by atoms with Gasteiger partial charge < -0.3 is 0 Å². The van der Waals surface area contributed by atoms with Crippen molar-refractivity contribution in [2.75, 3.05) is 0 Å². The van der Waals surface area contributed by atoms with Crippen LogP contribution in [0, 0.1) is 11.3 Å². The number of carbonyl (C=O) groups is 1. The van der Waals surface area contributed by atoms with Crippen LogP contribution in [0.5, 0.6) is 0 Å². The standard InChI is InChI=1S/C9H13ClO/c1-6-4-9(2,3)7(5-11)8(6)10/h5-6H,4H2,1-3H3. The van der Waals surface area contributed by atoms with Gasteiger partial charge in [-0.3, -0.25) is 4.79 Å². The van der Waals surface area contributed by atoms with E-state index < -0.39 is 0 Å². The fourth-order valence-corrected chi connectivity index (χ4v) is 2.15. The summed E-state index contributed by atoms with van der Waals surface area (Å²) in [5.41, 5.74) is 0.768. The summed E-state index contributed by atoms with van der Waals surface area (Å²) in [5.74, 6) is 0.354. The molecule has 1 nitrogen and oxygen atoms in total. The third-order valence-electron chi connectivity index (χ3n) is 2.35. The van der Waals surface area contributed by atoms with E-state index in [0.717, 1.165) is 23.3 Å². The molecule has 0 aromatic heterocycles. The molecule has 11 heavy (non-hydrogen) atoms. The van der Waals surface area contributed by atoms with E-state index in [9.17, 15) is 4.79 Å². The monoisotopic (exact) mass is 172 g/mol. The molecule has 0 bridgehead atoms. The van der Waals surface area contributed by atoms with E-state index in [1.54, 1.807) is 0 Å². The van der Waals surface area contributed by atoms with Crippen molar-refractivity contribution >= 4 is 17.9 Å². The minimum absolute atomic E-state index is 0.0156. The normalized spacial score (nSPS) is 29.3. The van der Waals surface area contributed by atoms with Gasteiger partial charge in [-0.15, -0.1) is 0 Å². The van der Waals surface area contributed by atoms with E-state index in [0.29, 0.717) is 5.92 Å². The molecule has 0 fully saturated rings. The van der Waals surface area contributed by atoms with E-state index in [1.807, 2.05) is 0 Å². The molecule has 0 amide bonds. The first-order valence-electron chi connectivity index (χ1n) is 3.84. The molecule has 2 heteroatoms. The minimum Gasteiger partial charge on any atom is -0.298 e. The second-order valence-corrected chi connectivity index (χ2v) is 4.28. The van der Waals surface area contributed by atoms with Crippen molar-refractivity contribution < 1.29 is 4.79 Å². The van der Waals surface area contributed by atoms with Gasteiger partial charge in [-0.25, -0.2) is 0 Å². The number of aldehydes is 1. The molecule has 0 N–H and O–H groups in total. The molecule has 62 valence electrons. The zero-order valence-electron chi connectivity index (χ0n) is 7.15. The lowest BCUT2D eigenvalue weighted by molar-refractivity contribution is -0.105. The molecule has 0 radical (unpaired) electrons. The highest BCUT2D eigenvalue weighted by Gasteiger charge is 2.35. The van der Waals surface area contributed by atoms with Crippen LogP contribution < -0.4 is 0 Å². The average molecular weight is 173 g/mol. The first-order valence-corrected chi connectivity index (χ1v) is 4.22. The van der Waals surface area contributed by atoms with Gasteiger partial charge in [-0.1, -0.05) is 32.4 Å². The zero-order valence-corrected chi connectivity index (χ0v) is 7.90. The predicted molar refractivity (Wildman–Crippen MR) is 46.5 cm³/mol. The number of carbonyl (C=O) groups excluding carboxylic acids is 1. The van der Waals surface area contributed by atoms with Gasteiger partial charge in [0.2, 0.25) is 0 Å². The molecule has 0 saturated heterocycles. The van der Waals surface area contributed by atoms with Crippen molar-refractivity contribution in [2.24, 2.45) is 11.3 Å². The maximum atomic E-state index is 10.6. The van der Waals surface area contributed by atoms with Crippen LogP contribution in [-0.4, -0.2) is 6.29 Å². The molecule has 1 unspecified atom stereocenters. The van der Waals surface area contributed by atoms with Crippen molar-refractivity contribution in [3.63, 3.8) is 0 Å². The van der Waals surface area contributed by atoms with Gasteiger partial charge in [-0.05, 0) is 17.8 Å². The Balaban J connectivity index is 3.05. The lowest BCUT2D eigenvalue weighted by Crippen LogP contribution is -2.11. The van der Waals surface area contributed by atoms with Crippen molar-refractivity contribution in [1.82, 2.24) is 0 Å². The van der Waals surface area contributed by atoms with Gasteiger partial charge in [0.05, 0.1) is 0 Å². The summed E-state index contributed by atoms with van der Waals surface area (Å²) < 4.78 is 0. The summed E-state index contributed by atoms with van der Waals surface area (Å²) in [6.45, 7) is 6.17. The maximum absolute atomic E-state index is 10.6. The Morgan fingerprint density at radius 1 is 1.64 bits per heavy atom. The molecule has 1 atom stereocenters. The van der Waals surface area contributed by atoms with Crippen molar-refractivity contribution in [3.8, 4) is 0 Å². The van der Waals surface area contributed by atoms with Crippen LogP contribution in [0.3, 0.4) is 0 Å². The number of rotatable bonds is 1. The molecular weight excluding hydrogens is 160 g/mol. The number of halogens is 1. The summed E-state index contributed by atoms with van der Waals surface area (Å²) in [5, 5.41) is 0.755. The lowest BCUT2D eigenvalue weighted by atomic mass is 9.85. The maximum Gasteiger partial charge on any atom is 0.147 e.